The van der Waals surface area contributed by atoms with Gasteiger partial charge in [0, 0.05) is 5.02 Å². The number of anilines is 1. The molecule has 0 bridgehead atoms. The summed E-state index contributed by atoms with van der Waals surface area (Å²) in [6, 6.07) is 10.7. The molecular weight excluding hydrogens is 443 g/mol. The molecule has 2 aromatic rings. The Bertz CT molecular complexity index is 1040. The van der Waals surface area contributed by atoms with Gasteiger partial charge in [0.1, 0.15) is 6.54 Å². The van der Waals surface area contributed by atoms with E-state index in [2.05, 4.69) is 23.5 Å². The molecule has 2 aromatic carbocycles. The predicted molar refractivity (Wildman–Crippen MR) is 123 cm³/mol. The third kappa shape index (κ3) is 5.48. The molecule has 0 aliphatic heterocycles. The van der Waals surface area contributed by atoms with Crippen LogP contribution in [0.5, 0.6) is 0 Å². The smallest absolute Gasteiger partial charge is 0.241 e. The van der Waals surface area contributed by atoms with E-state index >= 15 is 0 Å². The molecule has 30 heavy (non-hydrogen) atoms. The minimum atomic E-state index is -3.74. The van der Waals surface area contributed by atoms with Gasteiger partial charge in [-0.1, -0.05) is 48.3 Å². The van der Waals surface area contributed by atoms with E-state index in [0.717, 1.165) is 29.0 Å². The molecular formula is C22H26Cl2N2O3S. The molecule has 0 saturated heterocycles. The van der Waals surface area contributed by atoms with Gasteiger partial charge in [0.15, 0.2) is 0 Å². The number of sulfonamides is 1. The van der Waals surface area contributed by atoms with Crippen molar-refractivity contribution in [3.63, 3.8) is 0 Å². The van der Waals surface area contributed by atoms with E-state index in [0.29, 0.717) is 11.4 Å². The van der Waals surface area contributed by atoms with Crippen LogP contribution in [0.2, 0.25) is 10.0 Å². The lowest BCUT2D eigenvalue weighted by Crippen LogP contribution is -2.41. The topological polar surface area (TPSA) is 66.5 Å². The summed E-state index contributed by atoms with van der Waals surface area (Å²) < 4.78 is 25.7. The van der Waals surface area contributed by atoms with E-state index in [4.69, 9.17) is 23.2 Å². The number of aryl methyl sites for hydroxylation is 2. The minimum absolute atomic E-state index is 0.184. The number of rotatable bonds is 7. The number of hydrogen-bond acceptors (Lipinski definition) is 3. The van der Waals surface area contributed by atoms with Crippen LogP contribution in [-0.4, -0.2) is 27.1 Å². The number of amides is 1. The highest BCUT2D eigenvalue weighted by molar-refractivity contribution is 7.92. The monoisotopic (exact) mass is 468 g/mol. The van der Waals surface area contributed by atoms with Crippen molar-refractivity contribution in [2.75, 3.05) is 17.1 Å². The summed E-state index contributed by atoms with van der Waals surface area (Å²) in [6.45, 7) is 1.62. The first kappa shape index (κ1) is 22.9. The van der Waals surface area contributed by atoms with Crippen molar-refractivity contribution in [2.24, 2.45) is 0 Å². The summed E-state index contributed by atoms with van der Waals surface area (Å²) in [5.41, 5.74) is 3.95. The Balaban J connectivity index is 1.79. The summed E-state index contributed by atoms with van der Waals surface area (Å²) >= 11 is 12.2. The molecule has 1 aliphatic rings. The number of halogens is 2. The summed E-state index contributed by atoms with van der Waals surface area (Å²) in [4.78, 5) is 12.8. The van der Waals surface area contributed by atoms with Gasteiger partial charge in [-0.2, -0.15) is 0 Å². The van der Waals surface area contributed by atoms with Crippen LogP contribution >= 0.6 is 23.2 Å². The largest absolute Gasteiger partial charge is 0.348 e. The van der Waals surface area contributed by atoms with E-state index in [-0.39, 0.29) is 23.3 Å². The summed E-state index contributed by atoms with van der Waals surface area (Å²) in [7, 11) is -3.74. The molecule has 1 unspecified atom stereocenters. The summed E-state index contributed by atoms with van der Waals surface area (Å²) in [6.07, 6.45) is 6.29. The third-order valence-electron chi connectivity index (χ3n) is 5.38. The fourth-order valence-electron chi connectivity index (χ4n) is 3.82. The van der Waals surface area contributed by atoms with Gasteiger partial charge in [-0.25, -0.2) is 8.42 Å². The molecule has 0 fully saturated rings. The lowest BCUT2D eigenvalue weighted by atomic mass is 9.89. The number of carbonyl (C=O) groups is 1. The van der Waals surface area contributed by atoms with Crippen LogP contribution in [0.1, 0.15) is 48.9 Å². The van der Waals surface area contributed by atoms with Crippen LogP contribution < -0.4 is 9.62 Å². The molecule has 3 rings (SSSR count). The Morgan fingerprint density at radius 2 is 1.80 bits per heavy atom. The fourth-order valence-corrected chi connectivity index (χ4v) is 5.12. The van der Waals surface area contributed by atoms with E-state index in [1.165, 1.54) is 36.1 Å². The molecule has 5 nitrogen and oxygen atoms in total. The molecule has 1 N–H and O–H groups in total. The Hall–Kier alpha value is -1.76. The molecule has 1 aliphatic carbocycles. The molecule has 0 heterocycles. The highest BCUT2D eigenvalue weighted by Crippen LogP contribution is 2.31. The Labute approximate surface area is 188 Å². The van der Waals surface area contributed by atoms with Crippen molar-refractivity contribution in [1.82, 2.24) is 5.32 Å². The van der Waals surface area contributed by atoms with Crippen LogP contribution in [0, 0.1) is 0 Å². The van der Waals surface area contributed by atoms with Gasteiger partial charge in [0.2, 0.25) is 15.9 Å². The maximum Gasteiger partial charge on any atom is 0.241 e. The van der Waals surface area contributed by atoms with Crippen molar-refractivity contribution in [2.45, 2.75) is 45.1 Å². The van der Waals surface area contributed by atoms with Gasteiger partial charge in [-0.05, 0) is 67.0 Å². The highest BCUT2D eigenvalue weighted by Gasteiger charge is 2.25. The highest BCUT2D eigenvalue weighted by atomic mass is 35.5. The van der Waals surface area contributed by atoms with Gasteiger partial charge in [-0.3, -0.25) is 9.10 Å². The minimum Gasteiger partial charge on any atom is -0.348 e. The van der Waals surface area contributed by atoms with Gasteiger partial charge < -0.3 is 5.32 Å². The van der Waals surface area contributed by atoms with Crippen LogP contribution in [0.25, 0.3) is 0 Å². The normalized spacial score (nSPS) is 14.7. The molecule has 0 aromatic heterocycles. The zero-order valence-corrected chi connectivity index (χ0v) is 19.4. The van der Waals surface area contributed by atoms with Crippen LogP contribution in [0.4, 0.5) is 5.69 Å². The van der Waals surface area contributed by atoms with Crippen LogP contribution in [-0.2, 0) is 27.7 Å². The third-order valence-corrected chi connectivity index (χ3v) is 7.06. The fraction of sp³-hybridized carbons (Fsp3) is 0.409. The van der Waals surface area contributed by atoms with E-state index < -0.39 is 15.9 Å². The second kappa shape index (κ2) is 9.58. The second-order valence-electron chi connectivity index (χ2n) is 7.63. The van der Waals surface area contributed by atoms with Gasteiger partial charge in [0.05, 0.1) is 23.0 Å². The molecule has 162 valence electrons. The molecule has 0 spiro atoms. The lowest BCUT2D eigenvalue weighted by Gasteiger charge is -2.25. The average Bonchev–Trinajstić information content (AvgIpc) is 2.71. The Morgan fingerprint density at radius 1 is 1.10 bits per heavy atom. The maximum absolute atomic E-state index is 12.8. The quantitative estimate of drug-likeness (QED) is 0.627. The summed E-state index contributed by atoms with van der Waals surface area (Å²) in [5, 5.41) is 3.52. The molecule has 0 saturated carbocycles. The number of nitrogens with zero attached hydrogens (tertiary/aromatic N) is 1. The first-order valence-corrected chi connectivity index (χ1v) is 12.6. The van der Waals surface area contributed by atoms with Crippen LogP contribution in [0.3, 0.4) is 0 Å². The zero-order valence-electron chi connectivity index (χ0n) is 17.1. The molecule has 1 atom stereocenters. The van der Waals surface area contributed by atoms with Crippen molar-refractivity contribution in [1.29, 1.82) is 0 Å². The average molecular weight is 469 g/mol. The van der Waals surface area contributed by atoms with Gasteiger partial charge in [0.25, 0.3) is 0 Å². The molecule has 8 heteroatoms. The molecule has 0 radical (unpaired) electrons. The SMILES string of the molecule is CCC(NC(=O)CN(c1cc(Cl)ccc1Cl)S(C)(=O)=O)c1ccc2c(c1)CCCC2. The van der Waals surface area contributed by atoms with E-state index in [1.54, 1.807) is 6.07 Å². The van der Waals surface area contributed by atoms with Gasteiger partial charge in [-0.15, -0.1) is 0 Å². The maximum atomic E-state index is 12.8. The zero-order chi connectivity index (χ0) is 21.9. The number of benzene rings is 2. The lowest BCUT2D eigenvalue weighted by molar-refractivity contribution is -0.120. The van der Waals surface area contributed by atoms with E-state index in [1.807, 2.05) is 6.92 Å². The number of carbonyl (C=O) groups excluding carboxylic acids is 1. The predicted octanol–water partition coefficient (Wildman–Crippen LogP) is 4.91. The van der Waals surface area contributed by atoms with Crippen molar-refractivity contribution in [3.8, 4) is 0 Å². The Morgan fingerprint density at radius 3 is 2.47 bits per heavy atom. The van der Waals surface area contributed by atoms with Crippen molar-refractivity contribution >= 4 is 44.8 Å². The Kier molecular flexibility index (Phi) is 7.32. The van der Waals surface area contributed by atoms with Crippen molar-refractivity contribution in [3.05, 3.63) is 63.1 Å². The first-order chi connectivity index (χ1) is 14.2. The van der Waals surface area contributed by atoms with Gasteiger partial charge >= 0.3 is 0 Å². The second-order valence-corrected chi connectivity index (χ2v) is 10.4. The number of hydrogen-bond donors (Lipinski definition) is 1. The molecule has 1 amide bonds. The van der Waals surface area contributed by atoms with E-state index in [9.17, 15) is 13.2 Å². The standard InChI is InChI=1S/C22H26Cl2N2O3S/c1-3-20(17-9-8-15-6-4-5-7-16(15)12-17)25-22(27)14-26(30(2,28)29)21-13-18(23)10-11-19(21)24/h8-13,20H,3-7,14H2,1-2H3,(H,25,27). The van der Waals surface area contributed by atoms with Crippen LogP contribution in [0.15, 0.2) is 36.4 Å². The number of fused-ring (bicyclic) bond motifs is 1. The summed E-state index contributed by atoms with van der Waals surface area (Å²) in [5.74, 6) is -0.402. The first-order valence-electron chi connectivity index (χ1n) is 10.0. The van der Waals surface area contributed by atoms with Crippen molar-refractivity contribution < 1.29 is 13.2 Å². The number of nitrogens with one attached hydrogen (secondary N) is 1.